The molecule has 1 saturated heterocycles. The molecule has 0 spiro atoms. The number of likely N-dealkylation sites (tertiary alicyclic amines) is 1. The van der Waals surface area contributed by atoms with Crippen molar-refractivity contribution in [3.63, 3.8) is 0 Å². The van der Waals surface area contributed by atoms with E-state index in [1.807, 2.05) is 0 Å². The van der Waals surface area contributed by atoms with E-state index in [4.69, 9.17) is 4.74 Å². The topological polar surface area (TPSA) is 70.7 Å². The number of halogens is 1. The molecule has 1 aromatic rings. The summed E-state index contributed by atoms with van der Waals surface area (Å²) in [6.45, 7) is 5.88. The van der Waals surface area contributed by atoms with Gasteiger partial charge in [0.2, 0.25) is 5.91 Å². The molecular weight excluding hydrogens is 325 g/mol. The number of hydrogen-bond acceptors (Lipinski definition) is 4. The van der Waals surface area contributed by atoms with Crippen LogP contribution < -0.4 is 10.6 Å². The quantitative estimate of drug-likeness (QED) is 0.774. The van der Waals surface area contributed by atoms with Crippen molar-refractivity contribution in [2.75, 3.05) is 26.7 Å². The maximum absolute atomic E-state index is 13.5. The van der Waals surface area contributed by atoms with Crippen molar-refractivity contribution in [2.24, 2.45) is 0 Å². The molecule has 2 atom stereocenters. The van der Waals surface area contributed by atoms with Crippen LogP contribution in [0.5, 0.6) is 0 Å². The number of hydrogen-bond donors (Lipinski definition) is 2. The number of carbonyl (C=O) groups is 2. The van der Waals surface area contributed by atoms with Crippen molar-refractivity contribution in [2.45, 2.75) is 38.5 Å². The van der Waals surface area contributed by atoms with E-state index in [0.29, 0.717) is 6.04 Å². The fourth-order valence-corrected chi connectivity index (χ4v) is 2.91. The first-order valence-electron chi connectivity index (χ1n) is 8.51. The Bertz CT molecular complexity index is 609. The summed E-state index contributed by atoms with van der Waals surface area (Å²) in [6, 6.07) is 6.08. The molecule has 2 amide bonds. The van der Waals surface area contributed by atoms with Crippen LogP contribution in [0.1, 0.15) is 30.6 Å². The summed E-state index contributed by atoms with van der Waals surface area (Å²) in [5, 5.41) is 5.52. The van der Waals surface area contributed by atoms with E-state index in [-0.39, 0.29) is 36.6 Å². The highest BCUT2D eigenvalue weighted by Crippen LogP contribution is 2.15. The van der Waals surface area contributed by atoms with Gasteiger partial charge in [-0.15, -0.1) is 0 Å². The lowest BCUT2D eigenvalue weighted by Gasteiger charge is -2.20. The van der Waals surface area contributed by atoms with Crippen LogP contribution in [-0.2, 0) is 9.53 Å². The average molecular weight is 351 g/mol. The molecule has 6 nitrogen and oxygen atoms in total. The van der Waals surface area contributed by atoms with E-state index in [1.54, 1.807) is 13.2 Å². The molecule has 0 aliphatic carbocycles. The Hall–Kier alpha value is -1.99. The maximum Gasteiger partial charge on any atom is 0.254 e. The zero-order valence-electron chi connectivity index (χ0n) is 14.9. The molecule has 0 bridgehead atoms. The zero-order valence-corrected chi connectivity index (χ0v) is 14.9. The van der Waals surface area contributed by atoms with Crippen molar-refractivity contribution in [1.29, 1.82) is 0 Å². The van der Waals surface area contributed by atoms with E-state index >= 15 is 0 Å². The first-order chi connectivity index (χ1) is 11.9. The number of rotatable bonds is 7. The second kappa shape index (κ2) is 8.92. The monoisotopic (exact) mass is 351 g/mol. The second-order valence-electron chi connectivity index (χ2n) is 6.48. The summed E-state index contributed by atoms with van der Waals surface area (Å²) in [4.78, 5) is 26.3. The molecule has 1 heterocycles. The Morgan fingerprint density at radius 2 is 2.04 bits per heavy atom. The number of ether oxygens (including phenoxy) is 1. The molecule has 1 aliphatic heterocycles. The minimum absolute atomic E-state index is 0.0225. The number of carbonyl (C=O) groups excluding carboxylic acids is 2. The third-order valence-corrected chi connectivity index (χ3v) is 4.43. The first kappa shape index (κ1) is 19.3. The van der Waals surface area contributed by atoms with Gasteiger partial charge in [-0.2, -0.15) is 0 Å². The highest BCUT2D eigenvalue weighted by molar-refractivity contribution is 5.94. The third-order valence-electron chi connectivity index (χ3n) is 4.43. The lowest BCUT2D eigenvalue weighted by molar-refractivity contribution is -0.122. The molecule has 2 rings (SSSR count). The fourth-order valence-electron chi connectivity index (χ4n) is 2.91. The van der Waals surface area contributed by atoms with Crippen LogP contribution in [0.3, 0.4) is 0 Å². The number of nitrogens with zero attached hydrogens (tertiary/aromatic N) is 1. The molecule has 2 N–H and O–H groups in total. The summed E-state index contributed by atoms with van der Waals surface area (Å²) >= 11 is 0. The maximum atomic E-state index is 13.5. The highest BCUT2D eigenvalue weighted by atomic mass is 19.1. The molecule has 1 fully saturated rings. The predicted molar refractivity (Wildman–Crippen MR) is 92.8 cm³/mol. The van der Waals surface area contributed by atoms with Gasteiger partial charge in [0.15, 0.2) is 0 Å². The zero-order chi connectivity index (χ0) is 18.4. The normalized spacial score (nSPS) is 20.7. The lowest BCUT2D eigenvalue weighted by Crippen LogP contribution is -2.44. The van der Waals surface area contributed by atoms with Crippen LogP contribution in [0.2, 0.25) is 0 Å². The van der Waals surface area contributed by atoms with Gasteiger partial charge in [0, 0.05) is 39.2 Å². The summed E-state index contributed by atoms with van der Waals surface area (Å²) in [5.41, 5.74) is -0.0225. The fraction of sp³-hybridized carbons (Fsp3) is 0.556. The van der Waals surface area contributed by atoms with E-state index in [2.05, 4.69) is 29.4 Å². The number of benzene rings is 1. The van der Waals surface area contributed by atoms with Crippen LogP contribution in [0.4, 0.5) is 4.39 Å². The van der Waals surface area contributed by atoms with Crippen LogP contribution in [0, 0.1) is 5.82 Å². The van der Waals surface area contributed by atoms with E-state index in [9.17, 15) is 14.0 Å². The second-order valence-corrected chi connectivity index (χ2v) is 6.48. The standard InChI is InChI=1S/C18H26FN3O3/c1-12(2)22-10-15(16(11-22)25-3)21-17(23)8-9-20-18(24)13-6-4-5-7-14(13)19/h4-7,12,15-16H,8-11H2,1-3H3,(H,20,24)(H,21,23)/t15-,16-/m1/s1. The first-order valence-corrected chi connectivity index (χ1v) is 8.51. The van der Waals surface area contributed by atoms with Crippen molar-refractivity contribution >= 4 is 11.8 Å². The van der Waals surface area contributed by atoms with Gasteiger partial charge in [0.1, 0.15) is 5.82 Å². The SMILES string of the molecule is CO[C@@H]1CN(C(C)C)C[C@H]1NC(=O)CCNC(=O)c1ccccc1F. The van der Waals surface area contributed by atoms with Gasteiger partial charge >= 0.3 is 0 Å². The van der Waals surface area contributed by atoms with Crippen molar-refractivity contribution in [1.82, 2.24) is 15.5 Å². The molecule has 0 aromatic heterocycles. The number of methoxy groups -OCH3 is 1. The molecule has 7 heteroatoms. The minimum Gasteiger partial charge on any atom is -0.378 e. The van der Waals surface area contributed by atoms with Crippen molar-refractivity contribution in [3.05, 3.63) is 35.6 Å². The molecule has 0 radical (unpaired) electrons. The summed E-state index contributed by atoms with van der Waals surface area (Å²) in [6.07, 6.45) is 0.0915. The molecular formula is C18H26FN3O3. The molecule has 0 unspecified atom stereocenters. The van der Waals surface area contributed by atoms with Crippen LogP contribution >= 0.6 is 0 Å². The molecule has 1 aromatic carbocycles. The Morgan fingerprint density at radius 1 is 1.32 bits per heavy atom. The smallest absolute Gasteiger partial charge is 0.254 e. The van der Waals surface area contributed by atoms with Gasteiger partial charge in [0.05, 0.1) is 17.7 Å². The van der Waals surface area contributed by atoms with Crippen molar-refractivity contribution in [3.8, 4) is 0 Å². The van der Waals surface area contributed by atoms with E-state index in [1.165, 1.54) is 18.2 Å². The van der Waals surface area contributed by atoms with Crippen LogP contribution in [-0.4, -0.2) is 61.6 Å². The van der Waals surface area contributed by atoms with Gasteiger partial charge < -0.3 is 15.4 Å². The van der Waals surface area contributed by atoms with Crippen LogP contribution in [0.25, 0.3) is 0 Å². The van der Waals surface area contributed by atoms with Gasteiger partial charge in [0.25, 0.3) is 5.91 Å². The molecule has 0 saturated carbocycles. The average Bonchev–Trinajstić information content (AvgIpc) is 2.98. The molecule has 1 aliphatic rings. The van der Waals surface area contributed by atoms with Crippen molar-refractivity contribution < 1.29 is 18.7 Å². The summed E-state index contributed by atoms with van der Waals surface area (Å²) in [7, 11) is 1.64. The summed E-state index contributed by atoms with van der Waals surface area (Å²) < 4.78 is 19.0. The Kier molecular flexibility index (Phi) is 6.90. The van der Waals surface area contributed by atoms with E-state index in [0.717, 1.165) is 13.1 Å². The van der Waals surface area contributed by atoms with Gasteiger partial charge in [-0.1, -0.05) is 12.1 Å². The van der Waals surface area contributed by atoms with Gasteiger partial charge in [-0.25, -0.2) is 4.39 Å². The Balaban J connectivity index is 1.77. The minimum atomic E-state index is -0.577. The summed E-state index contributed by atoms with van der Waals surface area (Å²) in [5.74, 6) is -1.26. The van der Waals surface area contributed by atoms with E-state index < -0.39 is 11.7 Å². The molecule has 138 valence electrons. The third kappa shape index (κ3) is 5.24. The Morgan fingerprint density at radius 3 is 2.68 bits per heavy atom. The number of amides is 2. The molecule has 25 heavy (non-hydrogen) atoms. The predicted octanol–water partition coefficient (Wildman–Crippen LogP) is 1.17. The number of nitrogens with one attached hydrogen (secondary N) is 2. The highest BCUT2D eigenvalue weighted by Gasteiger charge is 2.34. The lowest BCUT2D eigenvalue weighted by atomic mass is 10.2. The Labute approximate surface area is 147 Å². The van der Waals surface area contributed by atoms with Crippen LogP contribution in [0.15, 0.2) is 24.3 Å². The largest absolute Gasteiger partial charge is 0.378 e. The van der Waals surface area contributed by atoms with Gasteiger partial charge in [-0.3, -0.25) is 14.5 Å². The van der Waals surface area contributed by atoms with Gasteiger partial charge in [-0.05, 0) is 26.0 Å².